The monoisotopic (exact) mass is 346 g/mol. The van der Waals surface area contributed by atoms with E-state index in [1.54, 1.807) is 6.92 Å². The smallest absolute Gasteiger partial charge is 0.413 e. The highest BCUT2D eigenvalue weighted by atomic mass is 32.2. The minimum absolute atomic E-state index is 0.0573. The van der Waals surface area contributed by atoms with Crippen molar-refractivity contribution in [2.45, 2.75) is 30.8 Å². The van der Waals surface area contributed by atoms with Gasteiger partial charge in [0.25, 0.3) is 0 Å². The van der Waals surface area contributed by atoms with Crippen LogP contribution in [0.4, 0.5) is 4.79 Å². The Morgan fingerprint density at radius 3 is 2.75 bits per heavy atom. The Morgan fingerprint density at radius 2 is 2.08 bits per heavy atom. The minimum atomic E-state index is -0.732. The first-order valence-electron chi connectivity index (χ1n) is 7.79. The molecule has 0 saturated heterocycles. The maximum atomic E-state index is 11.7. The van der Waals surface area contributed by atoms with Crippen LogP contribution < -0.4 is 5.32 Å². The SMILES string of the molecule is CCOC(=O)NC(=O)CSc1nc(C2CC2)n(-c2ccccc2)n1. The van der Waals surface area contributed by atoms with Gasteiger partial charge in [0, 0.05) is 5.92 Å². The van der Waals surface area contributed by atoms with Gasteiger partial charge in [-0.1, -0.05) is 30.0 Å². The van der Waals surface area contributed by atoms with E-state index in [4.69, 9.17) is 0 Å². The molecule has 3 rings (SSSR count). The summed E-state index contributed by atoms with van der Waals surface area (Å²) in [6.45, 7) is 1.90. The molecule has 1 N–H and O–H groups in total. The molecule has 2 amide bonds. The summed E-state index contributed by atoms with van der Waals surface area (Å²) in [5.41, 5.74) is 0.953. The Morgan fingerprint density at radius 1 is 1.33 bits per heavy atom. The van der Waals surface area contributed by atoms with Crippen molar-refractivity contribution >= 4 is 23.8 Å². The van der Waals surface area contributed by atoms with Crippen molar-refractivity contribution in [2.24, 2.45) is 0 Å². The average molecular weight is 346 g/mol. The molecule has 7 nitrogen and oxygen atoms in total. The average Bonchev–Trinajstić information content (AvgIpc) is 3.33. The van der Waals surface area contributed by atoms with Crippen LogP contribution in [0.3, 0.4) is 0 Å². The molecule has 1 heterocycles. The lowest BCUT2D eigenvalue weighted by Crippen LogP contribution is -2.32. The first kappa shape index (κ1) is 16.5. The summed E-state index contributed by atoms with van der Waals surface area (Å²) < 4.78 is 6.51. The van der Waals surface area contributed by atoms with Crippen LogP contribution in [-0.4, -0.2) is 39.1 Å². The van der Waals surface area contributed by atoms with Gasteiger partial charge in [-0.3, -0.25) is 10.1 Å². The van der Waals surface area contributed by atoms with E-state index in [2.05, 4.69) is 20.1 Å². The van der Waals surface area contributed by atoms with Gasteiger partial charge in [0.05, 0.1) is 18.0 Å². The number of amides is 2. The van der Waals surface area contributed by atoms with Gasteiger partial charge in [0.2, 0.25) is 11.1 Å². The molecule has 126 valence electrons. The number of nitrogens with zero attached hydrogens (tertiary/aromatic N) is 3. The first-order chi connectivity index (χ1) is 11.7. The van der Waals surface area contributed by atoms with Crippen molar-refractivity contribution in [3.05, 3.63) is 36.2 Å². The largest absolute Gasteiger partial charge is 0.450 e. The van der Waals surface area contributed by atoms with Crippen LogP contribution >= 0.6 is 11.8 Å². The molecule has 2 aromatic rings. The van der Waals surface area contributed by atoms with E-state index < -0.39 is 12.0 Å². The lowest BCUT2D eigenvalue weighted by molar-refractivity contribution is -0.117. The van der Waals surface area contributed by atoms with Crippen LogP contribution in [0.5, 0.6) is 0 Å². The van der Waals surface area contributed by atoms with Crippen LogP contribution in [0, 0.1) is 0 Å². The highest BCUT2D eigenvalue weighted by molar-refractivity contribution is 7.99. The van der Waals surface area contributed by atoms with Crippen LogP contribution in [0.2, 0.25) is 0 Å². The van der Waals surface area contributed by atoms with E-state index in [0.717, 1.165) is 24.4 Å². The molecule has 0 atom stereocenters. The highest BCUT2D eigenvalue weighted by Crippen LogP contribution is 2.40. The standard InChI is InChI=1S/C16H18N4O3S/c1-2-23-16(22)17-13(21)10-24-15-18-14(11-8-9-11)20(19-15)12-6-4-3-5-7-12/h3-7,11H,2,8-10H2,1H3,(H,17,21,22). The zero-order valence-electron chi connectivity index (χ0n) is 13.3. The lowest BCUT2D eigenvalue weighted by Gasteiger charge is -2.03. The number of para-hydroxylation sites is 1. The zero-order chi connectivity index (χ0) is 16.9. The number of alkyl carbamates (subject to hydrolysis) is 1. The molecular formula is C16H18N4O3S. The summed E-state index contributed by atoms with van der Waals surface area (Å²) >= 11 is 1.20. The fourth-order valence-corrected chi connectivity index (χ4v) is 2.81. The topological polar surface area (TPSA) is 86.1 Å². The molecule has 1 saturated carbocycles. The second-order valence-corrected chi connectivity index (χ2v) is 6.27. The van der Waals surface area contributed by atoms with E-state index in [1.807, 2.05) is 35.0 Å². The quantitative estimate of drug-likeness (QED) is 0.809. The summed E-state index contributed by atoms with van der Waals surface area (Å²) in [4.78, 5) is 27.5. The fraction of sp³-hybridized carbons (Fsp3) is 0.375. The molecule has 1 aromatic heterocycles. The third-order valence-corrected chi connectivity index (χ3v) is 4.24. The number of ether oxygens (including phenoxy) is 1. The Kier molecular flexibility index (Phi) is 5.14. The zero-order valence-corrected chi connectivity index (χ0v) is 14.1. The molecule has 1 aliphatic carbocycles. The van der Waals surface area contributed by atoms with Gasteiger partial charge < -0.3 is 4.74 Å². The highest BCUT2D eigenvalue weighted by Gasteiger charge is 2.30. The van der Waals surface area contributed by atoms with Gasteiger partial charge >= 0.3 is 6.09 Å². The number of hydrogen-bond donors (Lipinski definition) is 1. The van der Waals surface area contributed by atoms with Gasteiger partial charge in [-0.25, -0.2) is 14.5 Å². The Bertz CT molecular complexity index is 728. The molecule has 0 aliphatic heterocycles. The predicted molar refractivity (Wildman–Crippen MR) is 89.2 cm³/mol. The van der Waals surface area contributed by atoms with Crippen molar-refractivity contribution < 1.29 is 14.3 Å². The Balaban J connectivity index is 1.66. The summed E-state index contributed by atoms with van der Waals surface area (Å²) in [5, 5.41) is 7.19. The number of aromatic nitrogens is 3. The fourth-order valence-electron chi connectivity index (χ4n) is 2.18. The summed E-state index contributed by atoms with van der Waals surface area (Å²) in [5.74, 6) is 0.985. The molecule has 1 aliphatic rings. The van der Waals surface area contributed by atoms with Crippen LogP contribution in [0.25, 0.3) is 5.69 Å². The second-order valence-electron chi connectivity index (χ2n) is 5.33. The van der Waals surface area contributed by atoms with Crippen molar-refractivity contribution in [2.75, 3.05) is 12.4 Å². The number of rotatable bonds is 6. The molecule has 0 unspecified atom stereocenters. The Hall–Kier alpha value is -2.35. The first-order valence-corrected chi connectivity index (χ1v) is 8.77. The summed E-state index contributed by atoms with van der Waals surface area (Å²) in [6.07, 6.45) is 1.49. The number of benzene rings is 1. The van der Waals surface area contributed by atoms with Gasteiger partial charge in [-0.05, 0) is 31.9 Å². The molecule has 0 spiro atoms. The lowest BCUT2D eigenvalue weighted by atomic mass is 10.3. The maximum Gasteiger partial charge on any atom is 0.413 e. The van der Waals surface area contributed by atoms with E-state index in [9.17, 15) is 9.59 Å². The Labute approximate surface area is 143 Å². The van der Waals surface area contributed by atoms with Crippen LogP contribution in [-0.2, 0) is 9.53 Å². The van der Waals surface area contributed by atoms with Gasteiger partial charge in [0.1, 0.15) is 5.82 Å². The van der Waals surface area contributed by atoms with E-state index in [-0.39, 0.29) is 12.4 Å². The number of imide groups is 1. The second kappa shape index (κ2) is 7.48. The molecule has 24 heavy (non-hydrogen) atoms. The van der Waals surface area contributed by atoms with E-state index in [1.165, 1.54) is 11.8 Å². The molecule has 1 fully saturated rings. The van der Waals surface area contributed by atoms with Gasteiger partial charge in [-0.15, -0.1) is 5.10 Å². The van der Waals surface area contributed by atoms with Crippen molar-refractivity contribution in [3.8, 4) is 5.69 Å². The van der Waals surface area contributed by atoms with Crippen molar-refractivity contribution in [3.63, 3.8) is 0 Å². The van der Waals surface area contributed by atoms with Gasteiger partial charge in [-0.2, -0.15) is 0 Å². The molecule has 0 radical (unpaired) electrons. The number of thioether (sulfide) groups is 1. The third kappa shape index (κ3) is 4.14. The number of hydrogen-bond acceptors (Lipinski definition) is 6. The molecular weight excluding hydrogens is 328 g/mol. The summed E-state index contributed by atoms with van der Waals surface area (Å²) in [6, 6.07) is 9.80. The van der Waals surface area contributed by atoms with Crippen LogP contribution in [0.15, 0.2) is 35.5 Å². The van der Waals surface area contributed by atoms with Crippen LogP contribution in [0.1, 0.15) is 31.5 Å². The molecule has 1 aromatic carbocycles. The van der Waals surface area contributed by atoms with Gasteiger partial charge in [0.15, 0.2) is 0 Å². The number of carbonyl (C=O) groups excluding carboxylic acids is 2. The molecule has 8 heteroatoms. The van der Waals surface area contributed by atoms with Crippen molar-refractivity contribution in [1.82, 2.24) is 20.1 Å². The molecule has 0 bridgehead atoms. The van der Waals surface area contributed by atoms with Crippen molar-refractivity contribution in [1.29, 1.82) is 0 Å². The minimum Gasteiger partial charge on any atom is -0.450 e. The number of carbonyl (C=O) groups is 2. The van der Waals surface area contributed by atoms with E-state index >= 15 is 0 Å². The number of nitrogens with one attached hydrogen (secondary N) is 1. The maximum absolute atomic E-state index is 11.7. The van der Waals surface area contributed by atoms with E-state index in [0.29, 0.717) is 11.1 Å². The third-order valence-electron chi connectivity index (χ3n) is 3.41. The summed E-state index contributed by atoms with van der Waals surface area (Å²) in [7, 11) is 0. The normalized spacial score (nSPS) is 13.5. The predicted octanol–water partition coefficient (Wildman–Crippen LogP) is 2.51.